The van der Waals surface area contributed by atoms with Crippen LogP contribution in [0.25, 0.3) is 22.2 Å². The zero-order valence-electron chi connectivity index (χ0n) is 13.1. The van der Waals surface area contributed by atoms with Crippen molar-refractivity contribution < 1.29 is 22.1 Å². The van der Waals surface area contributed by atoms with Gasteiger partial charge >= 0.3 is 16.1 Å². The second-order valence-electron chi connectivity index (χ2n) is 5.23. The van der Waals surface area contributed by atoms with Gasteiger partial charge in [-0.2, -0.15) is 8.42 Å². The highest BCUT2D eigenvalue weighted by molar-refractivity contribution is 7.86. The van der Waals surface area contributed by atoms with Gasteiger partial charge in [0, 0.05) is 16.5 Å². The molecule has 24 heavy (non-hydrogen) atoms. The third kappa shape index (κ3) is 3.11. The van der Waals surface area contributed by atoms with Crippen LogP contribution in [0.15, 0.2) is 48.5 Å². The lowest BCUT2D eigenvalue weighted by Gasteiger charge is -2.06. The Morgan fingerprint density at radius 1 is 1.04 bits per heavy atom. The number of benzene rings is 2. The van der Waals surface area contributed by atoms with E-state index in [2.05, 4.69) is 9.72 Å². The van der Waals surface area contributed by atoms with Crippen LogP contribution in [0.1, 0.15) is 10.4 Å². The fourth-order valence-electron chi connectivity index (χ4n) is 2.45. The van der Waals surface area contributed by atoms with Crippen molar-refractivity contribution in [3.8, 4) is 17.0 Å². The average Bonchev–Trinajstić information content (AvgIpc) is 2.91. The minimum absolute atomic E-state index is 0.235. The summed E-state index contributed by atoms with van der Waals surface area (Å²) >= 11 is 0. The minimum atomic E-state index is -3.69. The van der Waals surface area contributed by atoms with Gasteiger partial charge in [-0.3, -0.25) is 0 Å². The molecule has 0 fully saturated rings. The normalized spacial score (nSPS) is 11.4. The van der Waals surface area contributed by atoms with Crippen molar-refractivity contribution in [1.82, 2.24) is 4.98 Å². The number of nitrogens with one attached hydrogen (secondary N) is 1. The Hall–Kier alpha value is -2.80. The van der Waals surface area contributed by atoms with Gasteiger partial charge < -0.3 is 13.9 Å². The summed E-state index contributed by atoms with van der Waals surface area (Å²) in [6.45, 7) is 0. The largest absolute Gasteiger partial charge is 0.465 e. The van der Waals surface area contributed by atoms with Gasteiger partial charge in [0.15, 0.2) is 5.75 Å². The molecule has 0 saturated heterocycles. The van der Waals surface area contributed by atoms with Crippen molar-refractivity contribution in [2.45, 2.75) is 0 Å². The lowest BCUT2D eigenvalue weighted by atomic mass is 10.1. The van der Waals surface area contributed by atoms with Gasteiger partial charge in [0.1, 0.15) is 0 Å². The third-order valence-corrected chi connectivity index (χ3v) is 3.96. The van der Waals surface area contributed by atoms with E-state index < -0.39 is 16.1 Å². The van der Waals surface area contributed by atoms with Crippen LogP contribution in [0.2, 0.25) is 0 Å². The van der Waals surface area contributed by atoms with E-state index >= 15 is 0 Å². The first-order valence-corrected chi connectivity index (χ1v) is 8.89. The first-order valence-electron chi connectivity index (χ1n) is 7.08. The molecule has 0 unspecified atom stereocenters. The molecule has 0 amide bonds. The average molecular weight is 345 g/mol. The number of rotatable bonds is 4. The Kier molecular flexibility index (Phi) is 4.02. The van der Waals surface area contributed by atoms with Gasteiger partial charge in [-0.15, -0.1) is 0 Å². The SMILES string of the molecule is COC(=O)c1ccc(-c2[nH]c3ccccc3c2OS(C)(=O)=O)cc1. The van der Waals surface area contributed by atoms with Crippen LogP contribution in [-0.2, 0) is 14.9 Å². The number of carbonyl (C=O) groups excluding carboxylic acids is 1. The molecule has 3 rings (SSSR count). The molecule has 3 aromatic rings. The van der Waals surface area contributed by atoms with E-state index in [1.165, 1.54) is 7.11 Å². The van der Waals surface area contributed by atoms with Crippen LogP contribution in [0.5, 0.6) is 5.75 Å². The summed E-state index contributed by atoms with van der Waals surface area (Å²) in [7, 11) is -2.38. The molecule has 1 N–H and O–H groups in total. The summed E-state index contributed by atoms with van der Waals surface area (Å²) in [5.41, 5.74) is 2.38. The predicted octanol–water partition coefficient (Wildman–Crippen LogP) is 2.96. The zero-order valence-corrected chi connectivity index (χ0v) is 13.9. The molecule has 0 saturated carbocycles. The van der Waals surface area contributed by atoms with Gasteiger partial charge in [0.05, 0.1) is 24.6 Å². The molecular formula is C17H15NO5S. The zero-order chi connectivity index (χ0) is 17.3. The topological polar surface area (TPSA) is 85.5 Å². The van der Waals surface area contributed by atoms with Crippen LogP contribution < -0.4 is 4.18 Å². The number of fused-ring (bicyclic) bond motifs is 1. The lowest BCUT2D eigenvalue weighted by Crippen LogP contribution is -2.06. The van der Waals surface area contributed by atoms with Crippen molar-refractivity contribution in [3.05, 3.63) is 54.1 Å². The van der Waals surface area contributed by atoms with E-state index in [0.29, 0.717) is 22.2 Å². The van der Waals surface area contributed by atoms with E-state index in [4.69, 9.17) is 4.18 Å². The number of carbonyl (C=O) groups is 1. The highest BCUT2D eigenvalue weighted by Gasteiger charge is 2.18. The van der Waals surface area contributed by atoms with Crippen molar-refractivity contribution in [3.63, 3.8) is 0 Å². The van der Waals surface area contributed by atoms with E-state index in [1.807, 2.05) is 12.1 Å². The molecule has 0 spiro atoms. The van der Waals surface area contributed by atoms with Crippen LogP contribution in [0, 0.1) is 0 Å². The van der Waals surface area contributed by atoms with Crippen molar-refractivity contribution in [1.29, 1.82) is 0 Å². The molecule has 6 nitrogen and oxygen atoms in total. The number of para-hydroxylation sites is 1. The van der Waals surface area contributed by atoms with E-state index in [0.717, 1.165) is 11.8 Å². The molecule has 1 heterocycles. The number of H-pyrrole nitrogens is 1. The number of hydrogen-bond acceptors (Lipinski definition) is 5. The minimum Gasteiger partial charge on any atom is -0.465 e. The van der Waals surface area contributed by atoms with E-state index in [9.17, 15) is 13.2 Å². The standard InChI is InChI=1S/C17H15NO5S/c1-22-17(19)12-9-7-11(8-10-12)15-16(23-24(2,20)21)13-5-3-4-6-14(13)18-15/h3-10,18H,1-2H3. The molecular weight excluding hydrogens is 330 g/mol. The first-order chi connectivity index (χ1) is 11.4. The number of esters is 1. The van der Waals surface area contributed by atoms with Crippen molar-refractivity contribution in [2.24, 2.45) is 0 Å². The fourth-order valence-corrected chi connectivity index (χ4v) is 2.92. The number of aromatic nitrogens is 1. The van der Waals surface area contributed by atoms with Crippen LogP contribution >= 0.6 is 0 Å². The summed E-state index contributed by atoms with van der Waals surface area (Å²) in [6, 6.07) is 13.9. The molecule has 0 bridgehead atoms. The van der Waals surface area contributed by atoms with E-state index in [1.54, 1.807) is 36.4 Å². The quantitative estimate of drug-likeness (QED) is 0.580. The molecule has 7 heteroatoms. The molecule has 1 aromatic heterocycles. The highest BCUT2D eigenvalue weighted by atomic mass is 32.2. The summed E-state index contributed by atoms with van der Waals surface area (Å²) < 4.78 is 33.1. The Morgan fingerprint density at radius 3 is 2.33 bits per heavy atom. The van der Waals surface area contributed by atoms with Crippen LogP contribution in [-0.4, -0.2) is 32.7 Å². The highest BCUT2D eigenvalue weighted by Crippen LogP contribution is 2.37. The predicted molar refractivity (Wildman–Crippen MR) is 90.5 cm³/mol. The Bertz CT molecular complexity index is 1000. The molecule has 124 valence electrons. The maximum atomic E-state index is 11.6. The van der Waals surface area contributed by atoms with Crippen molar-refractivity contribution in [2.75, 3.05) is 13.4 Å². The smallest absolute Gasteiger partial charge is 0.337 e. The molecule has 0 aliphatic carbocycles. The molecule has 0 atom stereocenters. The van der Waals surface area contributed by atoms with Gasteiger partial charge in [-0.1, -0.05) is 24.3 Å². The van der Waals surface area contributed by atoms with Crippen LogP contribution in [0.4, 0.5) is 0 Å². The maximum Gasteiger partial charge on any atom is 0.337 e. The molecule has 2 aromatic carbocycles. The number of methoxy groups -OCH3 is 1. The molecule has 0 aliphatic rings. The summed E-state index contributed by atoms with van der Waals surface area (Å²) in [5.74, 6) is -0.204. The Morgan fingerprint density at radius 2 is 1.71 bits per heavy atom. The van der Waals surface area contributed by atoms with Crippen molar-refractivity contribution >= 4 is 27.0 Å². The molecule has 0 aliphatic heterocycles. The number of aromatic amines is 1. The maximum absolute atomic E-state index is 11.6. The van der Waals surface area contributed by atoms with Gasteiger partial charge in [-0.25, -0.2) is 4.79 Å². The monoisotopic (exact) mass is 345 g/mol. The summed E-state index contributed by atoms with van der Waals surface area (Å²) in [5, 5.41) is 0.662. The van der Waals surface area contributed by atoms with Gasteiger partial charge in [-0.05, 0) is 24.3 Å². The third-order valence-electron chi connectivity index (χ3n) is 3.49. The Balaban J connectivity index is 2.14. The summed E-state index contributed by atoms with van der Waals surface area (Å²) in [6.07, 6.45) is 0.999. The summed E-state index contributed by atoms with van der Waals surface area (Å²) in [4.78, 5) is 14.7. The number of hydrogen-bond donors (Lipinski definition) is 1. The molecule has 0 radical (unpaired) electrons. The van der Waals surface area contributed by atoms with Crippen LogP contribution in [0.3, 0.4) is 0 Å². The lowest BCUT2D eigenvalue weighted by molar-refractivity contribution is 0.0600. The first kappa shape index (κ1) is 16.1. The van der Waals surface area contributed by atoms with Gasteiger partial charge in [0.2, 0.25) is 0 Å². The fraction of sp³-hybridized carbons (Fsp3) is 0.118. The number of ether oxygens (including phenoxy) is 1. The Labute approximate surface area is 139 Å². The second kappa shape index (κ2) is 6.01. The van der Waals surface area contributed by atoms with E-state index in [-0.39, 0.29) is 5.75 Å². The second-order valence-corrected chi connectivity index (χ2v) is 6.81. The van der Waals surface area contributed by atoms with Gasteiger partial charge in [0.25, 0.3) is 0 Å².